The predicted molar refractivity (Wildman–Crippen MR) is 119 cm³/mol. The quantitative estimate of drug-likeness (QED) is 0.474. The third-order valence-corrected chi connectivity index (χ3v) is 5.03. The molecular formula is C23H22ClN5O2. The number of hydrogen-bond acceptors (Lipinski definition) is 5. The molecule has 158 valence electrons. The van der Waals surface area contributed by atoms with Crippen molar-refractivity contribution in [3.05, 3.63) is 83.4 Å². The number of aromatic nitrogens is 4. The van der Waals surface area contributed by atoms with Crippen molar-refractivity contribution in [3.63, 3.8) is 0 Å². The molecule has 2 aromatic heterocycles. The van der Waals surface area contributed by atoms with Crippen molar-refractivity contribution in [2.24, 2.45) is 0 Å². The summed E-state index contributed by atoms with van der Waals surface area (Å²) in [5.74, 6) is 0.129. The zero-order valence-electron chi connectivity index (χ0n) is 17.2. The van der Waals surface area contributed by atoms with Gasteiger partial charge in [-0.05, 0) is 43.7 Å². The van der Waals surface area contributed by atoms with Gasteiger partial charge in [0.25, 0.3) is 5.91 Å². The van der Waals surface area contributed by atoms with Gasteiger partial charge in [-0.2, -0.15) is 0 Å². The van der Waals surface area contributed by atoms with Gasteiger partial charge in [-0.15, -0.1) is 5.10 Å². The van der Waals surface area contributed by atoms with E-state index in [1.807, 2.05) is 53.2 Å². The number of para-hydroxylation sites is 1. The summed E-state index contributed by atoms with van der Waals surface area (Å²) in [6.07, 6.45) is 4.78. The molecule has 31 heavy (non-hydrogen) atoms. The average Bonchev–Trinajstić information content (AvgIpc) is 3.09. The van der Waals surface area contributed by atoms with Crippen LogP contribution in [0.1, 0.15) is 25.1 Å². The van der Waals surface area contributed by atoms with E-state index in [1.165, 1.54) is 0 Å². The van der Waals surface area contributed by atoms with E-state index < -0.39 is 5.60 Å². The molecule has 4 aromatic rings. The number of carbonyl (C=O) groups is 1. The van der Waals surface area contributed by atoms with Crippen LogP contribution in [0, 0.1) is 0 Å². The number of hydrogen-bond donors (Lipinski definition) is 1. The maximum Gasteiger partial charge on any atom is 0.263 e. The van der Waals surface area contributed by atoms with Crippen LogP contribution in [0.2, 0.25) is 5.02 Å². The first-order chi connectivity index (χ1) is 14.9. The van der Waals surface area contributed by atoms with Crippen LogP contribution in [-0.4, -0.2) is 31.3 Å². The minimum atomic E-state index is -1.14. The van der Waals surface area contributed by atoms with Gasteiger partial charge in [0.05, 0.1) is 35.9 Å². The topological polar surface area (TPSA) is 81.9 Å². The molecule has 0 bridgehead atoms. The van der Waals surface area contributed by atoms with Crippen LogP contribution in [0.4, 0.5) is 0 Å². The summed E-state index contributed by atoms with van der Waals surface area (Å²) < 4.78 is 7.95. The van der Waals surface area contributed by atoms with Crippen LogP contribution >= 0.6 is 11.6 Å². The fourth-order valence-electron chi connectivity index (χ4n) is 3.19. The monoisotopic (exact) mass is 435 g/mol. The first kappa shape index (κ1) is 20.8. The molecule has 1 amide bonds. The minimum Gasteiger partial charge on any atom is -0.460 e. The molecule has 0 aliphatic heterocycles. The van der Waals surface area contributed by atoms with E-state index in [-0.39, 0.29) is 12.5 Å². The number of fused-ring (bicyclic) bond motifs is 1. The van der Waals surface area contributed by atoms with Gasteiger partial charge in [-0.1, -0.05) is 35.9 Å². The molecule has 0 aliphatic carbocycles. The predicted octanol–water partition coefficient (Wildman–Crippen LogP) is 4.00. The first-order valence-corrected chi connectivity index (χ1v) is 10.2. The molecule has 0 saturated heterocycles. The number of carbonyl (C=O) groups excluding carboxylic acids is 1. The average molecular weight is 436 g/mol. The maximum atomic E-state index is 12.8. The first-order valence-electron chi connectivity index (χ1n) is 9.84. The number of rotatable bonds is 7. The van der Waals surface area contributed by atoms with Crippen LogP contribution < -0.4 is 10.1 Å². The lowest BCUT2D eigenvalue weighted by molar-refractivity contribution is -0.134. The van der Waals surface area contributed by atoms with Crippen molar-refractivity contribution < 1.29 is 9.53 Å². The summed E-state index contributed by atoms with van der Waals surface area (Å²) in [5.41, 5.74) is 1.46. The SMILES string of the molecule is CC(C)(Oc1nn(Cc2cccc(Cl)c2)c2ccccc12)C(=O)NCc1cnccn1. The van der Waals surface area contributed by atoms with Gasteiger partial charge in [-0.3, -0.25) is 19.4 Å². The van der Waals surface area contributed by atoms with E-state index in [2.05, 4.69) is 20.4 Å². The van der Waals surface area contributed by atoms with Gasteiger partial charge < -0.3 is 10.1 Å². The van der Waals surface area contributed by atoms with Crippen LogP contribution in [-0.2, 0) is 17.9 Å². The van der Waals surface area contributed by atoms with Gasteiger partial charge in [0.1, 0.15) is 0 Å². The van der Waals surface area contributed by atoms with E-state index in [9.17, 15) is 4.79 Å². The Kier molecular flexibility index (Phi) is 5.86. The lowest BCUT2D eigenvalue weighted by atomic mass is 10.1. The van der Waals surface area contributed by atoms with Crippen molar-refractivity contribution >= 4 is 28.4 Å². The molecule has 1 N–H and O–H groups in total. The molecular weight excluding hydrogens is 414 g/mol. The van der Waals surface area contributed by atoms with Crippen LogP contribution in [0.5, 0.6) is 5.88 Å². The molecule has 2 aromatic carbocycles. The molecule has 0 atom stereocenters. The normalized spacial score (nSPS) is 11.5. The summed E-state index contributed by atoms with van der Waals surface area (Å²) in [7, 11) is 0. The number of ether oxygens (including phenoxy) is 1. The molecule has 7 nitrogen and oxygen atoms in total. The highest BCUT2D eigenvalue weighted by Gasteiger charge is 2.31. The summed E-state index contributed by atoms with van der Waals surface area (Å²) in [6, 6.07) is 15.4. The van der Waals surface area contributed by atoms with E-state index in [0.717, 1.165) is 16.5 Å². The third kappa shape index (κ3) is 4.83. The van der Waals surface area contributed by atoms with Crippen LogP contribution in [0.15, 0.2) is 67.1 Å². The highest BCUT2D eigenvalue weighted by atomic mass is 35.5. The Hall–Kier alpha value is -3.45. The Morgan fingerprint density at radius 3 is 2.77 bits per heavy atom. The molecule has 4 rings (SSSR count). The van der Waals surface area contributed by atoms with Crippen LogP contribution in [0.3, 0.4) is 0 Å². The van der Waals surface area contributed by atoms with Crippen molar-refractivity contribution in [3.8, 4) is 5.88 Å². The Balaban J connectivity index is 1.55. The van der Waals surface area contributed by atoms with Crippen molar-refractivity contribution in [2.45, 2.75) is 32.5 Å². The number of halogens is 1. The Morgan fingerprint density at radius 1 is 1.16 bits per heavy atom. The summed E-state index contributed by atoms with van der Waals surface area (Å²) >= 11 is 6.12. The van der Waals surface area contributed by atoms with Crippen molar-refractivity contribution in [2.75, 3.05) is 0 Å². The second-order valence-electron chi connectivity index (χ2n) is 7.60. The largest absolute Gasteiger partial charge is 0.460 e. The molecule has 0 fully saturated rings. The standard InChI is InChI=1S/C23H22ClN5O2/c1-23(2,22(30)27-14-18-13-25-10-11-26-18)31-21-19-8-3-4-9-20(19)29(28-21)15-16-6-5-7-17(24)12-16/h3-13H,14-15H2,1-2H3,(H,27,30). The van der Waals surface area contributed by atoms with Gasteiger partial charge in [0.2, 0.25) is 5.88 Å². The Morgan fingerprint density at radius 2 is 2.00 bits per heavy atom. The van der Waals surface area contributed by atoms with Crippen molar-refractivity contribution in [1.29, 1.82) is 0 Å². The second-order valence-corrected chi connectivity index (χ2v) is 8.04. The van der Waals surface area contributed by atoms with E-state index >= 15 is 0 Å². The van der Waals surface area contributed by atoms with E-state index in [0.29, 0.717) is 23.1 Å². The smallest absolute Gasteiger partial charge is 0.263 e. The Labute approximate surface area is 185 Å². The van der Waals surface area contributed by atoms with Crippen LogP contribution in [0.25, 0.3) is 10.9 Å². The third-order valence-electron chi connectivity index (χ3n) is 4.79. The van der Waals surface area contributed by atoms with Crippen molar-refractivity contribution in [1.82, 2.24) is 25.1 Å². The van der Waals surface area contributed by atoms with E-state index in [4.69, 9.17) is 16.3 Å². The Bertz CT molecular complexity index is 1210. The molecule has 0 radical (unpaired) electrons. The lowest BCUT2D eigenvalue weighted by Gasteiger charge is -2.24. The highest BCUT2D eigenvalue weighted by Crippen LogP contribution is 2.29. The molecule has 0 saturated carbocycles. The lowest BCUT2D eigenvalue weighted by Crippen LogP contribution is -2.46. The molecule has 0 unspecified atom stereocenters. The number of nitrogens with one attached hydrogen (secondary N) is 1. The number of amides is 1. The van der Waals surface area contributed by atoms with Gasteiger partial charge in [-0.25, -0.2) is 0 Å². The molecule has 8 heteroatoms. The maximum absolute atomic E-state index is 12.8. The number of benzene rings is 2. The fourth-order valence-corrected chi connectivity index (χ4v) is 3.41. The minimum absolute atomic E-state index is 0.267. The zero-order chi connectivity index (χ0) is 21.8. The molecule has 2 heterocycles. The molecule has 0 spiro atoms. The highest BCUT2D eigenvalue weighted by molar-refractivity contribution is 6.30. The second kappa shape index (κ2) is 8.73. The number of nitrogens with zero attached hydrogens (tertiary/aromatic N) is 4. The summed E-state index contributed by atoms with van der Waals surface area (Å²) in [5, 5.41) is 9.00. The van der Waals surface area contributed by atoms with E-state index in [1.54, 1.807) is 32.4 Å². The molecule has 0 aliphatic rings. The van der Waals surface area contributed by atoms with Gasteiger partial charge >= 0.3 is 0 Å². The summed E-state index contributed by atoms with van der Waals surface area (Å²) in [4.78, 5) is 20.9. The zero-order valence-corrected chi connectivity index (χ0v) is 18.0. The fraction of sp³-hybridized carbons (Fsp3) is 0.217. The summed E-state index contributed by atoms with van der Waals surface area (Å²) in [6.45, 7) is 4.22. The van der Waals surface area contributed by atoms with Gasteiger partial charge in [0, 0.05) is 17.4 Å². The van der Waals surface area contributed by atoms with Gasteiger partial charge in [0.15, 0.2) is 5.60 Å².